The second-order valence-corrected chi connectivity index (χ2v) is 5.90. The molecule has 6 heteroatoms. The van der Waals surface area contributed by atoms with E-state index in [0.29, 0.717) is 18.0 Å². The lowest BCUT2D eigenvalue weighted by atomic mass is 10.0. The summed E-state index contributed by atoms with van der Waals surface area (Å²) in [6.07, 6.45) is 6.29. The number of aromatic carboxylic acids is 1. The van der Waals surface area contributed by atoms with E-state index in [2.05, 4.69) is 10.6 Å². The number of benzene rings is 1. The van der Waals surface area contributed by atoms with Crippen LogP contribution in [0.5, 0.6) is 0 Å². The fourth-order valence-electron chi connectivity index (χ4n) is 2.80. The van der Waals surface area contributed by atoms with E-state index in [0.717, 1.165) is 6.42 Å². The van der Waals surface area contributed by atoms with Gasteiger partial charge in [0.05, 0.1) is 12.1 Å². The van der Waals surface area contributed by atoms with Crippen LogP contribution >= 0.6 is 0 Å². The summed E-state index contributed by atoms with van der Waals surface area (Å²) in [5.74, 6) is -0.796. The molecule has 2 amide bonds. The highest BCUT2D eigenvalue weighted by Gasteiger charge is 2.16. The Kier molecular flexibility index (Phi) is 6.14. The highest BCUT2D eigenvalue weighted by Crippen LogP contribution is 2.28. The van der Waals surface area contributed by atoms with E-state index >= 15 is 0 Å². The van der Waals surface area contributed by atoms with Crippen molar-refractivity contribution in [2.75, 3.05) is 11.9 Å². The Labute approximate surface area is 135 Å². The summed E-state index contributed by atoms with van der Waals surface area (Å²) in [5.41, 5.74) is 0.656. The zero-order valence-electron chi connectivity index (χ0n) is 13.0. The van der Waals surface area contributed by atoms with Crippen molar-refractivity contribution < 1.29 is 19.5 Å². The number of carboxylic acids is 1. The van der Waals surface area contributed by atoms with Gasteiger partial charge in [-0.2, -0.15) is 0 Å². The first-order valence-electron chi connectivity index (χ1n) is 7.94. The molecule has 3 N–H and O–H groups in total. The van der Waals surface area contributed by atoms with Crippen molar-refractivity contribution in [1.29, 1.82) is 0 Å². The molecular formula is C17H22N2O4. The summed E-state index contributed by atoms with van der Waals surface area (Å²) in [4.78, 5) is 34.2. The monoisotopic (exact) mass is 318 g/mol. The quantitative estimate of drug-likeness (QED) is 0.719. The lowest BCUT2D eigenvalue weighted by Crippen LogP contribution is -2.32. The van der Waals surface area contributed by atoms with E-state index in [1.54, 1.807) is 0 Å². The van der Waals surface area contributed by atoms with Crippen molar-refractivity contribution in [2.24, 2.45) is 5.92 Å². The van der Waals surface area contributed by atoms with E-state index in [1.807, 2.05) is 0 Å². The van der Waals surface area contributed by atoms with Crippen LogP contribution in [-0.4, -0.2) is 29.4 Å². The van der Waals surface area contributed by atoms with Crippen molar-refractivity contribution in [1.82, 2.24) is 5.32 Å². The number of anilines is 1. The van der Waals surface area contributed by atoms with E-state index in [-0.39, 0.29) is 23.9 Å². The van der Waals surface area contributed by atoms with Gasteiger partial charge in [-0.25, -0.2) is 4.79 Å². The smallest absolute Gasteiger partial charge is 0.335 e. The molecule has 2 rings (SSSR count). The minimum Gasteiger partial charge on any atom is -0.478 e. The minimum atomic E-state index is -1.02. The molecular weight excluding hydrogens is 296 g/mol. The van der Waals surface area contributed by atoms with Crippen LogP contribution in [0.1, 0.15) is 48.9 Å². The first kappa shape index (κ1) is 17.0. The zero-order chi connectivity index (χ0) is 16.7. The number of hydrogen-bond acceptors (Lipinski definition) is 3. The SMILES string of the molecule is O=C(CCC1CCCC1)NCC(=O)Nc1ccc(C(=O)O)cc1. The summed E-state index contributed by atoms with van der Waals surface area (Å²) < 4.78 is 0. The Morgan fingerprint density at radius 2 is 1.70 bits per heavy atom. The molecule has 1 aromatic rings. The fraction of sp³-hybridized carbons (Fsp3) is 0.471. The average molecular weight is 318 g/mol. The first-order valence-corrected chi connectivity index (χ1v) is 7.94. The van der Waals surface area contributed by atoms with Crippen molar-refractivity contribution in [3.05, 3.63) is 29.8 Å². The fourth-order valence-corrected chi connectivity index (χ4v) is 2.80. The van der Waals surface area contributed by atoms with Crippen LogP contribution in [0, 0.1) is 5.92 Å². The Hall–Kier alpha value is -2.37. The van der Waals surface area contributed by atoms with Crippen molar-refractivity contribution >= 4 is 23.5 Å². The zero-order valence-corrected chi connectivity index (χ0v) is 13.0. The molecule has 6 nitrogen and oxygen atoms in total. The molecule has 0 atom stereocenters. The number of nitrogens with one attached hydrogen (secondary N) is 2. The van der Waals surface area contributed by atoms with Crippen LogP contribution in [0.15, 0.2) is 24.3 Å². The van der Waals surface area contributed by atoms with Gasteiger partial charge in [-0.05, 0) is 36.6 Å². The van der Waals surface area contributed by atoms with Crippen LogP contribution in [0.25, 0.3) is 0 Å². The number of rotatable bonds is 7. The van der Waals surface area contributed by atoms with Crippen LogP contribution in [-0.2, 0) is 9.59 Å². The van der Waals surface area contributed by atoms with Gasteiger partial charge in [-0.3, -0.25) is 9.59 Å². The molecule has 0 bridgehead atoms. The number of carbonyl (C=O) groups excluding carboxylic acids is 2. The van der Waals surface area contributed by atoms with Gasteiger partial charge in [-0.1, -0.05) is 25.7 Å². The molecule has 0 radical (unpaired) electrons. The average Bonchev–Trinajstić information content (AvgIpc) is 3.05. The van der Waals surface area contributed by atoms with Gasteiger partial charge in [0.2, 0.25) is 11.8 Å². The highest BCUT2D eigenvalue weighted by molar-refractivity contribution is 5.95. The third-order valence-corrected chi connectivity index (χ3v) is 4.12. The Morgan fingerprint density at radius 3 is 2.30 bits per heavy atom. The standard InChI is InChI=1S/C17H22N2O4/c20-15(10-5-12-3-1-2-4-12)18-11-16(21)19-14-8-6-13(7-9-14)17(22)23/h6-9,12H,1-5,10-11H2,(H,18,20)(H,19,21)(H,22,23). The van der Waals surface area contributed by atoms with Crippen LogP contribution < -0.4 is 10.6 Å². The number of amides is 2. The maximum Gasteiger partial charge on any atom is 0.335 e. The van der Waals surface area contributed by atoms with Crippen molar-refractivity contribution in [3.63, 3.8) is 0 Å². The molecule has 23 heavy (non-hydrogen) atoms. The number of carboxylic acid groups (broad SMARTS) is 1. The molecule has 124 valence electrons. The summed E-state index contributed by atoms with van der Waals surface area (Å²) in [6, 6.07) is 5.86. The van der Waals surface area contributed by atoms with E-state index in [1.165, 1.54) is 49.9 Å². The van der Waals surface area contributed by atoms with Gasteiger partial charge >= 0.3 is 5.97 Å². The molecule has 0 unspecified atom stereocenters. The van der Waals surface area contributed by atoms with E-state index < -0.39 is 5.97 Å². The predicted molar refractivity (Wildman–Crippen MR) is 86.2 cm³/mol. The second-order valence-electron chi connectivity index (χ2n) is 5.90. The van der Waals surface area contributed by atoms with Crippen LogP contribution in [0.2, 0.25) is 0 Å². The first-order chi connectivity index (χ1) is 11.0. The third kappa shape index (κ3) is 5.73. The number of carbonyl (C=O) groups is 3. The van der Waals surface area contributed by atoms with Crippen LogP contribution in [0.4, 0.5) is 5.69 Å². The molecule has 1 aliphatic rings. The van der Waals surface area contributed by atoms with Gasteiger partial charge in [0, 0.05) is 12.1 Å². The van der Waals surface area contributed by atoms with E-state index in [9.17, 15) is 14.4 Å². The predicted octanol–water partition coefficient (Wildman–Crippen LogP) is 2.41. The molecule has 0 aromatic heterocycles. The lowest BCUT2D eigenvalue weighted by molar-refractivity contribution is -0.124. The molecule has 0 spiro atoms. The summed E-state index contributed by atoms with van der Waals surface area (Å²) in [7, 11) is 0. The Balaban J connectivity index is 1.67. The topological polar surface area (TPSA) is 95.5 Å². The molecule has 0 heterocycles. The maximum absolute atomic E-state index is 11.8. The summed E-state index contributed by atoms with van der Waals surface area (Å²) >= 11 is 0. The van der Waals surface area contributed by atoms with Gasteiger partial charge < -0.3 is 15.7 Å². The number of hydrogen-bond donors (Lipinski definition) is 3. The molecule has 1 fully saturated rings. The largest absolute Gasteiger partial charge is 0.478 e. The normalized spacial score (nSPS) is 14.4. The maximum atomic E-state index is 11.8. The van der Waals surface area contributed by atoms with Crippen molar-refractivity contribution in [3.8, 4) is 0 Å². The minimum absolute atomic E-state index is 0.0792. The third-order valence-electron chi connectivity index (χ3n) is 4.12. The van der Waals surface area contributed by atoms with Gasteiger partial charge in [0.25, 0.3) is 0 Å². The van der Waals surface area contributed by atoms with Gasteiger partial charge in [0.1, 0.15) is 0 Å². The molecule has 0 saturated heterocycles. The summed E-state index contributed by atoms with van der Waals surface area (Å²) in [6.45, 7) is -0.0792. The molecule has 1 saturated carbocycles. The molecule has 1 aromatic carbocycles. The van der Waals surface area contributed by atoms with Crippen molar-refractivity contribution in [2.45, 2.75) is 38.5 Å². The second kappa shape index (κ2) is 8.31. The Bertz CT molecular complexity index is 562. The van der Waals surface area contributed by atoms with Crippen LogP contribution in [0.3, 0.4) is 0 Å². The summed E-state index contributed by atoms with van der Waals surface area (Å²) in [5, 5.41) is 14.0. The van der Waals surface area contributed by atoms with Gasteiger partial charge in [-0.15, -0.1) is 0 Å². The Morgan fingerprint density at radius 1 is 1.04 bits per heavy atom. The van der Waals surface area contributed by atoms with E-state index in [4.69, 9.17) is 5.11 Å². The lowest BCUT2D eigenvalue weighted by Gasteiger charge is -2.09. The molecule has 1 aliphatic carbocycles. The van der Waals surface area contributed by atoms with Gasteiger partial charge in [0.15, 0.2) is 0 Å². The highest BCUT2D eigenvalue weighted by atomic mass is 16.4. The molecule has 0 aliphatic heterocycles.